The Morgan fingerprint density at radius 1 is 1.15 bits per heavy atom. The molecule has 0 aliphatic heterocycles. The van der Waals surface area contributed by atoms with Gasteiger partial charge in [0.05, 0.1) is 0 Å². The van der Waals surface area contributed by atoms with E-state index in [4.69, 9.17) is 5.11 Å². The van der Waals surface area contributed by atoms with E-state index in [-0.39, 0.29) is 12.3 Å². The molecule has 0 saturated heterocycles. The molecule has 1 rings (SSSR count). The van der Waals surface area contributed by atoms with Crippen molar-refractivity contribution in [2.24, 2.45) is 0 Å². The van der Waals surface area contributed by atoms with E-state index >= 15 is 0 Å². The molecule has 0 aliphatic carbocycles. The van der Waals surface area contributed by atoms with Gasteiger partial charge in [0.15, 0.2) is 0 Å². The summed E-state index contributed by atoms with van der Waals surface area (Å²) >= 11 is 0. The van der Waals surface area contributed by atoms with Crippen molar-refractivity contribution in [2.75, 3.05) is 0 Å². The Bertz CT molecular complexity index is 463. The quantitative estimate of drug-likeness (QED) is 0.805. The first-order valence-corrected chi connectivity index (χ1v) is 6.87. The molecule has 110 valence electrons. The normalized spacial score (nSPS) is 11.2. The van der Waals surface area contributed by atoms with Crippen molar-refractivity contribution >= 4 is 11.9 Å². The summed E-state index contributed by atoms with van der Waals surface area (Å²) in [5.41, 5.74) is 1.85. The topological polar surface area (TPSA) is 66.4 Å². The summed E-state index contributed by atoms with van der Waals surface area (Å²) in [6.45, 7) is 5.72. The highest BCUT2D eigenvalue weighted by Gasteiger charge is 2.21. The number of hydrogen-bond donors (Lipinski definition) is 2. The predicted molar refractivity (Wildman–Crippen MR) is 78.6 cm³/mol. The second-order valence-electron chi connectivity index (χ2n) is 5.81. The van der Waals surface area contributed by atoms with E-state index in [0.717, 1.165) is 5.56 Å². The van der Waals surface area contributed by atoms with Crippen LogP contribution in [-0.4, -0.2) is 22.5 Å². The monoisotopic (exact) mass is 277 g/mol. The maximum Gasteiger partial charge on any atom is 0.303 e. The molecule has 0 unspecified atom stereocenters. The Morgan fingerprint density at radius 3 is 2.30 bits per heavy atom. The van der Waals surface area contributed by atoms with Crippen LogP contribution in [0.1, 0.15) is 44.2 Å². The lowest BCUT2D eigenvalue weighted by Crippen LogP contribution is -2.43. The van der Waals surface area contributed by atoms with E-state index in [9.17, 15) is 9.59 Å². The van der Waals surface area contributed by atoms with Gasteiger partial charge in [-0.15, -0.1) is 0 Å². The van der Waals surface area contributed by atoms with Gasteiger partial charge in [-0.3, -0.25) is 9.59 Å². The number of carboxylic acids is 1. The van der Waals surface area contributed by atoms with Crippen molar-refractivity contribution in [3.05, 3.63) is 35.4 Å². The van der Waals surface area contributed by atoms with Crippen molar-refractivity contribution in [2.45, 2.75) is 52.0 Å². The highest BCUT2D eigenvalue weighted by atomic mass is 16.4. The third-order valence-corrected chi connectivity index (χ3v) is 3.20. The van der Waals surface area contributed by atoms with Gasteiger partial charge in [-0.2, -0.15) is 0 Å². The van der Waals surface area contributed by atoms with Gasteiger partial charge in [0.25, 0.3) is 0 Å². The zero-order valence-electron chi connectivity index (χ0n) is 12.4. The molecular weight excluding hydrogens is 254 g/mol. The van der Waals surface area contributed by atoms with Gasteiger partial charge in [-0.1, -0.05) is 29.8 Å². The fourth-order valence-electron chi connectivity index (χ4n) is 1.93. The summed E-state index contributed by atoms with van der Waals surface area (Å²) in [6, 6.07) is 8.12. The first-order valence-electron chi connectivity index (χ1n) is 6.87. The van der Waals surface area contributed by atoms with Crippen LogP contribution in [0.25, 0.3) is 0 Å². The van der Waals surface area contributed by atoms with Gasteiger partial charge < -0.3 is 10.4 Å². The summed E-state index contributed by atoms with van der Waals surface area (Å²) in [4.78, 5) is 22.4. The first kappa shape index (κ1) is 16.2. The van der Waals surface area contributed by atoms with Gasteiger partial charge in [0.2, 0.25) is 5.91 Å². The van der Waals surface area contributed by atoms with Gasteiger partial charge in [-0.05, 0) is 39.2 Å². The Morgan fingerprint density at radius 2 is 1.75 bits per heavy atom. The Hall–Kier alpha value is -1.84. The number of aryl methyl sites for hydroxylation is 2. The molecule has 4 heteroatoms. The van der Waals surface area contributed by atoms with Crippen LogP contribution >= 0.6 is 0 Å². The number of benzene rings is 1. The van der Waals surface area contributed by atoms with Crippen LogP contribution in [0.5, 0.6) is 0 Å². The maximum atomic E-state index is 11.9. The average Bonchev–Trinajstić information content (AvgIpc) is 2.35. The summed E-state index contributed by atoms with van der Waals surface area (Å²) in [5.74, 6) is -0.882. The van der Waals surface area contributed by atoms with Crippen molar-refractivity contribution in [1.29, 1.82) is 0 Å². The molecule has 0 saturated carbocycles. The molecule has 1 aromatic carbocycles. The predicted octanol–water partition coefficient (Wildman–Crippen LogP) is 2.69. The molecule has 1 aromatic rings. The summed E-state index contributed by atoms with van der Waals surface area (Å²) in [7, 11) is 0. The third-order valence-electron chi connectivity index (χ3n) is 3.20. The molecule has 2 N–H and O–H groups in total. The largest absolute Gasteiger partial charge is 0.481 e. The van der Waals surface area contributed by atoms with Crippen molar-refractivity contribution in [3.8, 4) is 0 Å². The standard InChI is InChI=1S/C16H23NO3/c1-12-4-6-13(7-5-12)8-9-14(18)17-16(2,3)11-10-15(19)20/h4-7H,8-11H2,1-3H3,(H,17,18)(H,19,20). The lowest BCUT2D eigenvalue weighted by atomic mass is 9.98. The molecule has 0 aromatic heterocycles. The number of carbonyl (C=O) groups excluding carboxylic acids is 1. The second-order valence-corrected chi connectivity index (χ2v) is 5.81. The molecular formula is C16H23NO3. The number of carboxylic acid groups (broad SMARTS) is 1. The SMILES string of the molecule is Cc1ccc(CCC(=O)NC(C)(C)CCC(=O)O)cc1. The summed E-state index contributed by atoms with van der Waals surface area (Å²) < 4.78 is 0. The first-order chi connectivity index (χ1) is 9.28. The van der Waals surface area contributed by atoms with E-state index in [1.807, 2.05) is 45.0 Å². The fourth-order valence-corrected chi connectivity index (χ4v) is 1.93. The molecule has 0 atom stereocenters. The Balaban J connectivity index is 2.39. The number of rotatable bonds is 7. The van der Waals surface area contributed by atoms with E-state index in [1.54, 1.807) is 0 Å². The van der Waals surface area contributed by atoms with Gasteiger partial charge in [-0.25, -0.2) is 0 Å². The number of hydrogen-bond acceptors (Lipinski definition) is 2. The van der Waals surface area contributed by atoms with Crippen LogP contribution in [0.2, 0.25) is 0 Å². The van der Waals surface area contributed by atoms with Crippen LogP contribution in [0.4, 0.5) is 0 Å². The third kappa shape index (κ3) is 6.36. The molecule has 0 aliphatic rings. The highest BCUT2D eigenvalue weighted by Crippen LogP contribution is 2.12. The van der Waals surface area contributed by atoms with Crippen LogP contribution in [0.15, 0.2) is 24.3 Å². The molecule has 0 fully saturated rings. The second kappa shape index (κ2) is 7.08. The van der Waals surface area contributed by atoms with E-state index < -0.39 is 11.5 Å². The van der Waals surface area contributed by atoms with Crippen molar-refractivity contribution in [3.63, 3.8) is 0 Å². The number of amides is 1. The minimum Gasteiger partial charge on any atom is -0.481 e. The van der Waals surface area contributed by atoms with Gasteiger partial charge in [0, 0.05) is 18.4 Å². The lowest BCUT2D eigenvalue weighted by molar-refractivity contribution is -0.137. The molecule has 0 radical (unpaired) electrons. The van der Waals surface area contributed by atoms with E-state index in [2.05, 4.69) is 5.32 Å². The Kier molecular flexibility index (Phi) is 5.74. The number of nitrogens with one attached hydrogen (secondary N) is 1. The lowest BCUT2D eigenvalue weighted by Gasteiger charge is -2.25. The van der Waals surface area contributed by atoms with Gasteiger partial charge >= 0.3 is 5.97 Å². The minimum absolute atomic E-state index is 0.0408. The van der Waals surface area contributed by atoms with Crippen molar-refractivity contribution < 1.29 is 14.7 Å². The van der Waals surface area contributed by atoms with Gasteiger partial charge in [0.1, 0.15) is 0 Å². The highest BCUT2D eigenvalue weighted by molar-refractivity contribution is 5.77. The van der Waals surface area contributed by atoms with Crippen LogP contribution < -0.4 is 5.32 Å². The molecule has 0 heterocycles. The molecule has 0 bridgehead atoms. The Labute approximate surface area is 120 Å². The molecule has 0 spiro atoms. The minimum atomic E-state index is -0.841. The number of aliphatic carboxylic acids is 1. The molecule has 4 nitrogen and oxygen atoms in total. The summed E-state index contributed by atoms with van der Waals surface area (Å²) in [5, 5.41) is 11.6. The van der Waals surface area contributed by atoms with Crippen molar-refractivity contribution in [1.82, 2.24) is 5.32 Å². The number of carbonyl (C=O) groups is 2. The summed E-state index contributed by atoms with van der Waals surface area (Å²) in [6.07, 6.45) is 1.60. The van der Waals surface area contributed by atoms with E-state index in [0.29, 0.717) is 19.3 Å². The van der Waals surface area contributed by atoms with E-state index in [1.165, 1.54) is 5.56 Å². The maximum absolute atomic E-state index is 11.9. The molecule has 1 amide bonds. The smallest absolute Gasteiger partial charge is 0.303 e. The van der Waals surface area contributed by atoms with Crippen LogP contribution in [-0.2, 0) is 16.0 Å². The zero-order valence-corrected chi connectivity index (χ0v) is 12.4. The zero-order chi connectivity index (χ0) is 15.2. The van der Waals surface area contributed by atoms with Crippen LogP contribution in [0.3, 0.4) is 0 Å². The fraction of sp³-hybridized carbons (Fsp3) is 0.500. The molecule has 20 heavy (non-hydrogen) atoms. The average molecular weight is 277 g/mol. The van der Waals surface area contributed by atoms with Crippen LogP contribution in [0, 0.1) is 6.92 Å².